The van der Waals surface area contributed by atoms with Crippen LogP contribution in [0.4, 0.5) is 0 Å². The lowest BCUT2D eigenvalue weighted by atomic mass is 10.1. The van der Waals surface area contributed by atoms with Crippen LogP contribution in [-0.4, -0.2) is 10.1 Å². The van der Waals surface area contributed by atoms with E-state index in [1.807, 2.05) is 61.5 Å². The van der Waals surface area contributed by atoms with E-state index in [9.17, 15) is 0 Å². The molecule has 0 fully saturated rings. The molecule has 0 bridgehead atoms. The molecular weight excluding hydrogens is 310 g/mol. The minimum Gasteiger partial charge on any atom is -0.337 e. The second-order valence-electron chi connectivity index (χ2n) is 5.45. The lowest BCUT2D eigenvalue weighted by molar-refractivity contribution is 0.328. The summed E-state index contributed by atoms with van der Waals surface area (Å²) in [5.41, 5.74) is 1.98. The monoisotopic (exact) mass is 327 g/mol. The average Bonchev–Trinajstić information content (AvgIpc) is 3.06. The van der Waals surface area contributed by atoms with Gasteiger partial charge in [-0.3, -0.25) is 5.32 Å². The van der Waals surface area contributed by atoms with Crippen molar-refractivity contribution in [2.24, 2.45) is 0 Å². The molecule has 0 aliphatic carbocycles. The second-order valence-corrected chi connectivity index (χ2v) is 5.86. The van der Waals surface area contributed by atoms with Gasteiger partial charge in [-0.1, -0.05) is 65.3 Å². The van der Waals surface area contributed by atoms with E-state index >= 15 is 0 Å². The Morgan fingerprint density at radius 2 is 1.65 bits per heavy atom. The zero-order valence-corrected chi connectivity index (χ0v) is 13.8. The van der Waals surface area contributed by atoms with Crippen molar-refractivity contribution >= 4 is 11.6 Å². The molecule has 2 aromatic carbocycles. The highest BCUT2D eigenvalue weighted by Crippen LogP contribution is 2.25. The van der Waals surface area contributed by atoms with Gasteiger partial charge in [0.05, 0.1) is 6.04 Å². The standard InChI is InChI=1S/C18H18ClN3O/c1-12(15-10-6-7-11-16(15)19)20-13(2)18-21-17(22-23-18)14-8-4-3-5-9-14/h3-13,20H,1-2H3. The van der Waals surface area contributed by atoms with Crippen molar-refractivity contribution in [2.75, 3.05) is 0 Å². The molecule has 118 valence electrons. The highest BCUT2D eigenvalue weighted by molar-refractivity contribution is 6.31. The molecule has 4 nitrogen and oxygen atoms in total. The van der Waals surface area contributed by atoms with Gasteiger partial charge in [0.25, 0.3) is 0 Å². The van der Waals surface area contributed by atoms with Gasteiger partial charge in [-0.05, 0) is 25.5 Å². The molecule has 0 aliphatic heterocycles. The molecule has 0 saturated heterocycles. The third-order valence-electron chi connectivity index (χ3n) is 3.72. The molecule has 1 N–H and O–H groups in total. The van der Waals surface area contributed by atoms with Crippen molar-refractivity contribution in [2.45, 2.75) is 25.9 Å². The van der Waals surface area contributed by atoms with E-state index in [0.29, 0.717) is 11.7 Å². The van der Waals surface area contributed by atoms with Crippen LogP contribution >= 0.6 is 11.6 Å². The average molecular weight is 328 g/mol. The molecule has 5 heteroatoms. The quantitative estimate of drug-likeness (QED) is 0.731. The van der Waals surface area contributed by atoms with Crippen LogP contribution in [-0.2, 0) is 0 Å². The van der Waals surface area contributed by atoms with Crippen LogP contribution in [0.5, 0.6) is 0 Å². The SMILES string of the molecule is CC(NC(C)c1ccccc1Cl)c1nc(-c2ccccc2)no1. The number of halogens is 1. The molecule has 0 amide bonds. The number of hydrogen-bond donors (Lipinski definition) is 1. The van der Waals surface area contributed by atoms with Crippen molar-refractivity contribution in [1.29, 1.82) is 0 Å². The lowest BCUT2D eigenvalue weighted by Gasteiger charge is -2.18. The Morgan fingerprint density at radius 1 is 0.957 bits per heavy atom. The summed E-state index contributed by atoms with van der Waals surface area (Å²) in [7, 11) is 0. The number of benzene rings is 2. The summed E-state index contributed by atoms with van der Waals surface area (Å²) >= 11 is 6.24. The van der Waals surface area contributed by atoms with Crippen molar-refractivity contribution in [3.8, 4) is 11.4 Å². The first-order valence-corrected chi connectivity index (χ1v) is 7.92. The molecule has 1 aromatic heterocycles. The summed E-state index contributed by atoms with van der Waals surface area (Å²) in [6.45, 7) is 4.06. The molecule has 2 atom stereocenters. The molecule has 3 aromatic rings. The second kappa shape index (κ2) is 6.94. The Kier molecular flexibility index (Phi) is 4.74. The summed E-state index contributed by atoms with van der Waals surface area (Å²) in [5, 5.41) is 8.24. The van der Waals surface area contributed by atoms with Gasteiger partial charge in [0, 0.05) is 16.6 Å². The van der Waals surface area contributed by atoms with E-state index in [2.05, 4.69) is 22.4 Å². The number of nitrogens with one attached hydrogen (secondary N) is 1. The summed E-state index contributed by atoms with van der Waals surface area (Å²) in [4.78, 5) is 4.48. The minimum absolute atomic E-state index is 0.0748. The molecule has 2 unspecified atom stereocenters. The van der Waals surface area contributed by atoms with Crippen LogP contribution < -0.4 is 5.32 Å². The van der Waals surface area contributed by atoms with Crippen LogP contribution in [0.1, 0.15) is 37.4 Å². The summed E-state index contributed by atoms with van der Waals surface area (Å²) in [6, 6.07) is 17.6. The van der Waals surface area contributed by atoms with E-state index < -0.39 is 0 Å². The highest BCUT2D eigenvalue weighted by Gasteiger charge is 2.18. The molecule has 23 heavy (non-hydrogen) atoms. The van der Waals surface area contributed by atoms with Crippen LogP contribution in [0.15, 0.2) is 59.1 Å². The van der Waals surface area contributed by atoms with E-state index in [-0.39, 0.29) is 12.1 Å². The van der Waals surface area contributed by atoms with Gasteiger partial charge in [0.15, 0.2) is 0 Å². The predicted molar refractivity (Wildman–Crippen MR) is 91.2 cm³/mol. The minimum atomic E-state index is -0.0776. The fraction of sp³-hybridized carbons (Fsp3) is 0.222. The van der Waals surface area contributed by atoms with Gasteiger partial charge >= 0.3 is 0 Å². The molecule has 0 saturated carbocycles. The van der Waals surface area contributed by atoms with Crippen LogP contribution in [0.25, 0.3) is 11.4 Å². The largest absolute Gasteiger partial charge is 0.337 e. The van der Waals surface area contributed by atoms with Crippen molar-refractivity contribution < 1.29 is 4.52 Å². The van der Waals surface area contributed by atoms with E-state index in [0.717, 1.165) is 16.1 Å². The smallest absolute Gasteiger partial charge is 0.243 e. The Morgan fingerprint density at radius 3 is 2.39 bits per heavy atom. The van der Waals surface area contributed by atoms with E-state index in [4.69, 9.17) is 16.1 Å². The summed E-state index contributed by atoms with van der Waals surface area (Å²) in [6.07, 6.45) is 0. The van der Waals surface area contributed by atoms with Gasteiger partial charge in [0.1, 0.15) is 0 Å². The zero-order valence-electron chi connectivity index (χ0n) is 13.0. The number of rotatable bonds is 5. The van der Waals surface area contributed by atoms with Gasteiger partial charge in [0.2, 0.25) is 11.7 Å². The Labute approximate surface area is 140 Å². The predicted octanol–water partition coefficient (Wildman–Crippen LogP) is 4.80. The fourth-order valence-corrected chi connectivity index (χ4v) is 2.78. The normalized spacial score (nSPS) is 13.7. The van der Waals surface area contributed by atoms with Gasteiger partial charge in [-0.2, -0.15) is 4.98 Å². The maximum absolute atomic E-state index is 6.24. The van der Waals surface area contributed by atoms with Crippen molar-refractivity contribution in [3.05, 3.63) is 71.1 Å². The molecule has 3 rings (SSSR count). The third kappa shape index (κ3) is 3.60. The van der Waals surface area contributed by atoms with E-state index in [1.165, 1.54) is 0 Å². The lowest BCUT2D eigenvalue weighted by Crippen LogP contribution is -2.23. The van der Waals surface area contributed by atoms with Crippen molar-refractivity contribution in [3.63, 3.8) is 0 Å². The Bertz CT molecular complexity index is 773. The summed E-state index contributed by atoms with van der Waals surface area (Å²) in [5.74, 6) is 1.16. The summed E-state index contributed by atoms with van der Waals surface area (Å²) < 4.78 is 5.39. The Hall–Kier alpha value is -2.17. The maximum Gasteiger partial charge on any atom is 0.243 e. The van der Waals surface area contributed by atoms with Gasteiger partial charge in [-0.25, -0.2) is 0 Å². The highest BCUT2D eigenvalue weighted by atomic mass is 35.5. The first kappa shape index (κ1) is 15.7. The zero-order chi connectivity index (χ0) is 16.2. The number of nitrogens with zero attached hydrogens (tertiary/aromatic N) is 2. The molecular formula is C18H18ClN3O. The topological polar surface area (TPSA) is 51.0 Å². The maximum atomic E-state index is 6.24. The van der Waals surface area contributed by atoms with Gasteiger partial charge < -0.3 is 4.52 Å². The number of hydrogen-bond acceptors (Lipinski definition) is 4. The Balaban J connectivity index is 1.73. The van der Waals surface area contributed by atoms with Crippen LogP contribution in [0.2, 0.25) is 5.02 Å². The van der Waals surface area contributed by atoms with Gasteiger partial charge in [-0.15, -0.1) is 0 Å². The molecule has 0 aliphatic rings. The molecule has 0 spiro atoms. The number of aromatic nitrogens is 2. The first-order valence-electron chi connectivity index (χ1n) is 7.54. The first-order chi connectivity index (χ1) is 11.1. The molecule has 0 radical (unpaired) electrons. The fourth-order valence-electron chi connectivity index (χ4n) is 2.48. The van der Waals surface area contributed by atoms with Crippen molar-refractivity contribution in [1.82, 2.24) is 15.5 Å². The van der Waals surface area contributed by atoms with Crippen LogP contribution in [0.3, 0.4) is 0 Å². The van der Waals surface area contributed by atoms with Crippen LogP contribution in [0, 0.1) is 0 Å². The molecule has 1 heterocycles. The third-order valence-corrected chi connectivity index (χ3v) is 4.06. The van der Waals surface area contributed by atoms with E-state index in [1.54, 1.807) is 0 Å².